The Balaban J connectivity index is 1.90. The van der Waals surface area contributed by atoms with Crippen molar-refractivity contribution < 1.29 is 0 Å². The van der Waals surface area contributed by atoms with E-state index >= 15 is 0 Å². The minimum absolute atomic E-state index is 1.04. The summed E-state index contributed by atoms with van der Waals surface area (Å²) in [7, 11) is 0. The number of benzene rings is 2. The molecule has 0 aliphatic heterocycles. The number of aryl methyl sites for hydroxylation is 1. The van der Waals surface area contributed by atoms with Gasteiger partial charge in [0.15, 0.2) is 4.96 Å². The van der Waals surface area contributed by atoms with Crippen molar-refractivity contribution in [2.45, 2.75) is 6.92 Å². The molecule has 4 aromatic rings. The van der Waals surface area contributed by atoms with E-state index in [1.807, 2.05) is 0 Å². The molecule has 3 heteroatoms. The number of hydrogen-bond acceptors (Lipinski definition) is 2. The number of fused-ring (bicyclic) bond motifs is 2. The molecule has 2 heterocycles. The van der Waals surface area contributed by atoms with Crippen LogP contribution < -0.4 is 0 Å². The van der Waals surface area contributed by atoms with Gasteiger partial charge in [-0.1, -0.05) is 36.4 Å². The fourth-order valence-electron chi connectivity index (χ4n) is 2.40. The van der Waals surface area contributed by atoms with Crippen LogP contribution in [0, 0.1) is 6.92 Å². The van der Waals surface area contributed by atoms with Gasteiger partial charge >= 0.3 is 0 Å². The third-order valence-corrected chi connectivity index (χ3v) is 4.23. The molecule has 0 atom stereocenters. The monoisotopic (exact) mass is 264 g/mol. The minimum Gasteiger partial charge on any atom is -0.297 e. The second kappa shape index (κ2) is 3.93. The fraction of sp³-hybridized carbons (Fsp3) is 0.0625. The number of thiazole rings is 1. The van der Waals surface area contributed by atoms with Gasteiger partial charge in [-0.3, -0.25) is 4.40 Å². The molecule has 0 radical (unpaired) electrons. The van der Waals surface area contributed by atoms with Crippen molar-refractivity contribution in [2.24, 2.45) is 0 Å². The largest absolute Gasteiger partial charge is 0.297 e. The molecule has 2 aromatic carbocycles. The second-order valence-electron chi connectivity index (χ2n) is 4.72. The Morgan fingerprint density at radius 1 is 1.00 bits per heavy atom. The summed E-state index contributed by atoms with van der Waals surface area (Å²) >= 11 is 1.72. The summed E-state index contributed by atoms with van der Waals surface area (Å²) in [6.45, 7) is 2.11. The fourth-order valence-corrected chi connectivity index (χ4v) is 3.21. The van der Waals surface area contributed by atoms with E-state index in [9.17, 15) is 0 Å². The Kier molecular flexibility index (Phi) is 2.23. The maximum Gasteiger partial charge on any atom is 0.194 e. The molecule has 0 bridgehead atoms. The van der Waals surface area contributed by atoms with Gasteiger partial charge in [0, 0.05) is 22.8 Å². The lowest BCUT2D eigenvalue weighted by molar-refractivity contribution is 1.22. The molecule has 0 aliphatic carbocycles. The van der Waals surface area contributed by atoms with Crippen LogP contribution in [0.5, 0.6) is 0 Å². The maximum absolute atomic E-state index is 4.69. The molecular weight excluding hydrogens is 252 g/mol. The molecule has 0 amide bonds. The predicted molar refractivity (Wildman–Crippen MR) is 80.7 cm³/mol. The first kappa shape index (κ1) is 10.8. The minimum atomic E-state index is 1.04. The van der Waals surface area contributed by atoms with Gasteiger partial charge < -0.3 is 0 Å². The van der Waals surface area contributed by atoms with E-state index in [4.69, 9.17) is 4.98 Å². The van der Waals surface area contributed by atoms with E-state index in [1.54, 1.807) is 11.3 Å². The summed E-state index contributed by atoms with van der Waals surface area (Å²) in [5, 5.41) is 2.52. The lowest BCUT2D eigenvalue weighted by Gasteiger charge is -2.00. The van der Waals surface area contributed by atoms with Gasteiger partial charge in [0.25, 0.3) is 0 Å². The van der Waals surface area contributed by atoms with E-state index in [2.05, 4.69) is 66.2 Å². The van der Waals surface area contributed by atoms with Crippen LogP contribution in [0.2, 0.25) is 0 Å². The molecule has 0 saturated carbocycles. The van der Waals surface area contributed by atoms with Gasteiger partial charge in [0.2, 0.25) is 0 Å². The topological polar surface area (TPSA) is 17.3 Å². The molecule has 0 saturated heterocycles. The number of nitrogens with zero attached hydrogens (tertiary/aromatic N) is 2. The molecule has 0 aliphatic rings. The molecule has 2 nitrogen and oxygen atoms in total. The Labute approximate surface area is 115 Å². The van der Waals surface area contributed by atoms with Gasteiger partial charge in [0.05, 0.1) is 5.69 Å². The normalized spacial score (nSPS) is 11.4. The highest BCUT2D eigenvalue weighted by atomic mass is 32.1. The van der Waals surface area contributed by atoms with Crippen molar-refractivity contribution in [2.75, 3.05) is 0 Å². The number of aromatic nitrogens is 2. The third-order valence-electron chi connectivity index (χ3n) is 3.32. The molecule has 4 rings (SSSR count). The summed E-state index contributed by atoms with van der Waals surface area (Å²) in [6, 6.07) is 14.9. The Bertz CT molecular complexity index is 854. The van der Waals surface area contributed by atoms with Crippen LogP contribution >= 0.6 is 11.3 Å². The molecule has 0 spiro atoms. The van der Waals surface area contributed by atoms with Crippen molar-refractivity contribution in [3.63, 3.8) is 0 Å². The quantitative estimate of drug-likeness (QED) is 0.494. The first-order valence-corrected chi connectivity index (χ1v) is 7.05. The van der Waals surface area contributed by atoms with Gasteiger partial charge in [-0.25, -0.2) is 4.98 Å². The van der Waals surface area contributed by atoms with E-state index in [1.165, 1.54) is 21.2 Å². The zero-order valence-electron chi connectivity index (χ0n) is 10.5. The Hall–Kier alpha value is -2.13. The van der Waals surface area contributed by atoms with E-state index in [0.717, 1.165) is 10.7 Å². The van der Waals surface area contributed by atoms with Crippen molar-refractivity contribution in [1.29, 1.82) is 0 Å². The van der Waals surface area contributed by atoms with E-state index < -0.39 is 0 Å². The highest BCUT2D eigenvalue weighted by molar-refractivity contribution is 7.17. The highest BCUT2D eigenvalue weighted by Gasteiger charge is 2.07. The van der Waals surface area contributed by atoms with Gasteiger partial charge in [-0.2, -0.15) is 0 Å². The molecular formula is C16H12N2S. The smallest absolute Gasteiger partial charge is 0.194 e. The standard InChI is InChI=1S/C16H12N2S/c1-11-9-18-10-15(17-16(18)19-11)14-7-6-12-4-2-3-5-13(12)8-14/h2-10H,1H3. The van der Waals surface area contributed by atoms with Crippen molar-refractivity contribution in [3.8, 4) is 11.3 Å². The van der Waals surface area contributed by atoms with Crippen LogP contribution in [0.15, 0.2) is 54.9 Å². The number of hydrogen-bond donors (Lipinski definition) is 0. The van der Waals surface area contributed by atoms with Crippen molar-refractivity contribution in [1.82, 2.24) is 9.38 Å². The summed E-state index contributed by atoms with van der Waals surface area (Å²) in [5.41, 5.74) is 2.21. The van der Waals surface area contributed by atoms with Gasteiger partial charge in [-0.15, -0.1) is 11.3 Å². The highest BCUT2D eigenvalue weighted by Crippen LogP contribution is 2.26. The molecule has 0 unspecified atom stereocenters. The third kappa shape index (κ3) is 1.74. The van der Waals surface area contributed by atoms with Crippen LogP contribution in [-0.2, 0) is 0 Å². The first-order chi connectivity index (χ1) is 9.29. The Morgan fingerprint density at radius 3 is 2.68 bits per heavy atom. The average molecular weight is 264 g/mol. The van der Waals surface area contributed by atoms with E-state index in [-0.39, 0.29) is 0 Å². The van der Waals surface area contributed by atoms with Gasteiger partial charge in [-0.05, 0) is 23.8 Å². The first-order valence-electron chi connectivity index (χ1n) is 6.24. The summed E-state index contributed by atoms with van der Waals surface area (Å²) < 4.78 is 2.10. The predicted octanol–water partition coefficient (Wildman–Crippen LogP) is 4.52. The molecule has 0 fully saturated rings. The van der Waals surface area contributed by atoms with Crippen LogP contribution in [0.1, 0.15) is 4.88 Å². The van der Waals surface area contributed by atoms with Crippen molar-refractivity contribution in [3.05, 3.63) is 59.7 Å². The van der Waals surface area contributed by atoms with E-state index in [0.29, 0.717) is 0 Å². The summed E-state index contributed by atoms with van der Waals surface area (Å²) in [6.07, 6.45) is 4.22. The molecule has 2 aromatic heterocycles. The lowest BCUT2D eigenvalue weighted by atomic mass is 10.1. The van der Waals surface area contributed by atoms with Crippen molar-refractivity contribution >= 4 is 27.1 Å². The lowest BCUT2D eigenvalue weighted by Crippen LogP contribution is -1.78. The van der Waals surface area contributed by atoms with Crippen LogP contribution in [0.25, 0.3) is 27.0 Å². The summed E-state index contributed by atoms with van der Waals surface area (Å²) in [5.74, 6) is 0. The number of rotatable bonds is 1. The zero-order chi connectivity index (χ0) is 12.8. The molecule has 0 N–H and O–H groups in total. The second-order valence-corrected chi connectivity index (χ2v) is 5.93. The van der Waals surface area contributed by atoms with Crippen LogP contribution in [0.3, 0.4) is 0 Å². The average Bonchev–Trinajstić information content (AvgIpc) is 2.95. The number of imidazole rings is 1. The van der Waals surface area contributed by atoms with Crippen LogP contribution in [-0.4, -0.2) is 9.38 Å². The zero-order valence-corrected chi connectivity index (χ0v) is 11.3. The molecule has 19 heavy (non-hydrogen) atoms. The SMILES string of the molecule is Cc1cn2cc(-c3ccc4ccccc4c3)nc2s1. The van der Waals surface area contributed by atoms with Gasteiger partial charge in [0.1, 0.15) is 0 Å². The Morgan fingerprint density at radius 2 is 1.84 bits per heavy atom. The summed E-state index contributed by atoms with van der Waals surface area (Å²) in [4.78, 5) is 7.03. The molecule has 92 valence electrons. The van der Waals surface area contributed by atoms with Crippen LogP contribution in [0.4, 0.5) is 0 Å². The maximum atomic E-state index is 4.69.